The Bertz CT molecular complexity index is 434. The van der Waals surface area contributed by atoms with Gasteiger partial charge in [-0.1, -0.05) is 18.5 Å². The average molecular weight is 285 g/mol. The fraction of sp³-hybridized carbons (Fsp3) is 0.571. The first-order valence-electron chi connectivity index (χ1n) is 6.65. The highest BCUT2D eigenvalue weighted by atomic mass is 35.5. The second-order valence-corrected chi connectivity index (χ2v) is 5.26. The summed E-state index contributed by atoms with van der Waals surface area (Å²) in [5.74, 6) is 0.624. The topological polar surface area (TPSA) is 44.7 Å². The minimum atomic E-state index is 0.191. The molecule has 1 atom stereocenters. The van der Waals surface area contributed by atoms with E-state index in [-0.39, 0.29) is 5.75 Å². The van der Waals surface area contributed by atoms with Crippen molar-refractivity contribution in [3.63, 3.8) is 0 Å². The lowest BCUT2D eigenvalue weighted by Crippen LogP contribution is -2.36. The zero-order valence-electron chi connectivity index (χ0n) is 11.4. The number of halogens is 1. The molecule has 2 N–H and O–H groups in total. The van der Waals surface area contributed by atoms with Gasteiger partial charge in [-0.3, -0.25) is 4.90 Å². The van der Waals surface area contributed by atoms with E-state index in [4.69, 9.17) is 16.3 Å². The highest BCUT2D eigenvalue weighted by molar-refractivity contribution is 6.30. The summed E-state index contributed by atoms with van der Waals surface area (Å²) in [5.41, 5.74) is 0.818. The molecule has 5 heteroatoms. The molecule has 0 radical (unpaired) electrons. The molecule has 1 aromatic carbocycles. The van der Waals surface area contributed by atoms with Crippen LogP contribution < -0.4 is 10.1 Å². The summed E-state index contributed by atoms with van der Waals surface area (Å²) < 4.78 is 5.14. The number of rotatable bonds is 5. The smallest absolute Gasteiger partial charge is 0.162 e. The lowest BCUT2D eigenvalue weighted by atomic mass is 10.1. The normalized spacial score (nSPS) is 19.1. The summed E-state index contributed by atoms with van der Waals surface area (Å²) in [5, 5.41) is 14.1. The maximum atomic E-state index is 10.2. The average Bonchev–Trinajstić information content (AvgIpc) is 2.93. The molecule has 1 unspecified atom stereocenters. The zero-order valence-corrected chi connectivity index (χ0v) is 12.2. The lowest BCUT2D eigenvalue weighted by molar-refractivity contribution is 0.207. The summed E-state index contributed by atoms with van der Waals surface area (Å²) in [6, 6.07) is 3.97. The van der Waals surface area contributed by atoms with Crippen LogP contribution in [0.2, 0.25) is 5.02 Å². The molecule has 0 aromatic heterocycles. The summed E-state index contributed by atoms with van der Waals surface area (Å²) in [4.78, 5) is 2.35. The lowest BCUT2D eigenvalue weighted by Gasteiger charge is -2.27. The van der Waals surface area contributed by atoms with Crippen molar-refractivity contribution in [3.05, 3.63) is 22.7 Å². The molecule has 0 saturated carbocycles. The highest BCUT2D eigenvalue weighted by Crippen LogP contribution is 2.34. The van der Waals surface area contributed by atoms with Gasteiger partial charge in [-0.25, -0.2) is 0 Å². The van der Waals surface area contributed by atoms with E-state index < -0.39 is 0 Å². The molecule has 0 spiro atoms. The molecular weight excluding hydrogens is 264 g/mol. The van der Waals surface area contributed by atoms with Crippen LogP contribution in [-0.2, 0) is 6.54 Å². The van der Waals surface area contributed by atoms with E-state index in [1.165, 1.54) is 7.11 Å². The molecule has 2 rings (SSSR count). The molecule has 1 fully saturated rings. The maximum absolute atomic E-state index is 10.2. The van der Waals surface area contributed by atoms with Gasteiger partial charge >= 0.3 is 0 Å². The summed E-state index contributed by atoms with van der Waals surface area (Å²) in [6.07, 6.45) is 1.15. The van der Waals surface area contributed by atoms with Crippen molar-refractivity contribution >= 4 is 11.6 Å². The van der Waals surface area contributed by atoms with Gasteiger partial charge in [0.15, 0.2) is 11.5 Å². The van der Waals surface area contributed by atoms with Crippen LogP contribution in [-0.4, -0.2) is 42.8 Å². The van der Waals surface area contributed by atoms with Crippen molar-refractivity contribution < 1.29 is 9.84 Å². The number of benzene rings is 1. The van der Waals surface area contributed by atoms with Gasteiger partial charge in [0, 0.05) is 35.8 Å². The van der Waals surface area contributed by atoms with E-state index >= 15 is 0 Å². The number of nitrogens with one attached hydrogen (secondary N) is 1. The Hall–Kier alpha value is -0.970. The number of ether oxygens (including phenoxy) is 1. The van der Waals surface area contributed by atoms with Gasteiger partial charge in [-0.15, -0.1) is 0 Å². The maximum Gasteiger partial charge on any atom is 0.162 e. The van der Waals surface area contributed by atoms with Crippen LogP contribution in [0, 0.1) is 0 Å². The quantitative estimate of drug-likeness (QED) is 0.870. The molecule has 0 amide bonds. The Morgan fingerprint density at radius 3 is 2.89 bits per heavy atom. The van der Waals surface area contributed by atoms with E-state index in [1.807, 2.05) is 6.07 Å². The summed E-state index contributed by atoms with van der Waals surface area (Å²) >= 11 is 6.07. The Labute approximate surface area is 119 Å². The third-order valence-electron chi connectivity index (χ3n) is 3.67. The number of nitrogens with zero attached hydrogens (tertiary/aromatic N) is 1. The van der Waals surface area contributed by atoms with Crippen LogP contribution in [0.3, 0.4) is 0 Å². The number of likely N-dealkylation sites (N-methyl/N-ethyl adjacent to an activating group) is 1. The molecule has 1 aliphatic heterocycles. The number of hydrogen-bond acceptors (Lipinski definition) is 4. The van der Waals surface area contributed by atoms with Gasteiger partial charge in [-0.05, 0) is 25.6 Å². The van der Waals surface area contributed by atoms with E-state index in [0.29, 0.717) is 23.4 Å². The van der Waals surface area contributed by atoms with Crippen LogP contribution in [0.4, 0.5) is 0 Å². The second kappa shape index (κ2) is 6.46. The predicted molar refractivity (Wildman–Crippen MR) is 77.0 cm³/mol. The first-order valence-corrected chi connectivity index (χ1v) is 7.03. The van der Waals surface area contributed by atoms with Gasteiger partial charge in [0.25, 0.3) is 0 Å². The second-order valence-electron chi connectivity index (χ2n) is 4.83. The third kappa shape index (κ3) is 3.32. The van der Waals surface area contributed by atoms with Crippen LogP contribution in [0.5, 0.6) is 11.5 Å². The fourth-order valence-electron chi connectivity index (χ4n) is 2.57. The van der Waals surface area contributed by atoms with Gasteiger partial charge in [0.05, 0.1) is 7.11 Å². The molecule has 1 heterocycles. The molecule has 0 bridgehead atoms. The van der Waals surface area contributed by atoms with E-state index in [2.05, 4.69) is 17.1 Å². The van der Waals surface area contributed by atoms with Gasteiger partial charge in [-0.2, -0.15) is 0 Å². The van der Waals surface area contributed by atoms with Gasteiger partial charge < -0.3 is 15.2 Å². The van der Waals surface area contributed by atoms with Gasteiger partial charge in [0.1, 0.15) is 0 Å². The minimum Gasteiger partial charge on any atom is -0.504 e. The van der Waals surface area contributed by atoms with Crippen LogP contribution >= 0.6 is 11.6 Å². The number of phenolic OH excluding ortho intramolecular Hbond substituents is 1. The van der Waals surface area contributed by atoms with Crippen LogP contribution in [0.1, 0.15) is 18.9 Å². The molecule has 1 saturated heterocycles. The van der Waals surface area contributed by atoms with E-state index in [0.717, 1.165) is 31.6 Å². The first-order chi connectivity index (χ1) is 9.15. The van der Waals surface area contributed by atoms with E-state index in [9.17, 15) is 5.11 Å². The first kappa shape index (κ1) is 14.4. The van der Waals surface area contributed by atoms with Crippen molar-refractivity contribution in [2.45, 2.75) is 25.9 Å². The number of hydrogen-bond donors (Lipinski definition) is 2. The SMILES string of the molecule is CCN(Cc1cc(Cl)cc(OC)c1O)C1CCNC1. The van der Waals surface area contributed by atoms with Crippen LogP contribution in [0.15, 0.2) is 12.1 Å². The zero-order chi connectivity index (χ0) is 13.8. The number of methoxy groups -OCH3 is 1. The van der Waals surface area contributed by atoms with E-state index in [1.54, 1.807) is 6.07 Å². The largest absolute Gasteiger partial charge is 0.504 e. The number of aromatic hydroxyl groups is 1. The van der Waals surface area contributed by atoms with Crippen LogP contribution in [0.25, 0.3) is 0 Å². The molecule has 0 aliphatic carbocycles. The summed E-state index contributed by atoms with van der Waals surface area (Å²) in [7, 11) is 1.54. The van der Waals surface area contributed by atoms with Crippen molar-refractivity contribution in [2.24, 2.45) is 0 Å². The third-order valence-corrected chi connectivity index (χ3v) is 3.89. The summed E-state index contributed by atoms with van der Waals surface area (Å²) in [6.45, 7) is 5.84. The Balaban J connectivity index is 2.18. The molecular formula is C14H21ClN2O2. The predicted octanol–water partition coefficient (Wildman–Crippen LogP) is 2.24. The van der Waals surface area contributed by atoms with Crippen molar-refractivity contribution in [1.29, 1.82) is 0 Å². The highest BCUT2D eigenvalue weighted by Gasteiger charge is 2.22. The molecule has 1 aromatic rings. The fourth-order valence-corrected chi connectivity index (χ4v) is 2.80. The number of phenols is 1. The monoisotopic (exact) mass is 284 g/mol. The van der Waals surface area contributed by atoms with Crippen molar-refractivity contribution in [1.82, 2.24) is 10.2 Å². The minimum absolute atomic E-state index is 0.191. The van der Waals surface area contributed by atoms with Crippen molar-refractivity contribution in [2.75, 3.05) is 26.7 Å². The molecule has 106 valence electrons. The molecule has 1 aliphatic rings. The Kier molecular flexibility index (Phi) is 4.91. The standard InChI is InChI=1S/C14H21ClN2O2/c1-3-17(12-4-5-16-8-12)9-10-6-11(15)7-13(19-2)14(10)18/h6-7,12,16,18H,3-5,8-9H2,1-2H3. The Morgan fingerprint density at radius 1 is 1.53 bits per heavy atom. The van der Waals surface area contributed by atoms with Crippen molar-refractivity contribution in [3.8, 4) is 11.5 Å². The molecule has 4 nitrogen and oxygen atoms in total. The molecule has 19 heavy (non-hydrogen) atoms. The van der Waals surface area contributed by atoms with Gasteiger partial charge in [0.2, 0.25) is 0 Å². The Morgan fingerprint density at radius 2 is 2.32 bits per heavy atom.